The average Bonchev–Trinajstić information content (AvgIpc) is 2.37. The first-order valence-electron chi connectivity index (χ1n) is 7.37. The van der Waals surface area contributed by atoms with Crippen LogP contribution in [0.3, 0.4) is 0 Å². The molecule has 1 heterocycles. The third-order valence-corrected chi connectivity index (χ3v) is 3.42. The molecular weight excluding hydrogens is 228 g/mol. The van der Waals surface area contributed by atoms with Gasteiger partial charge < -0.3 is 15.0 Å². The van der Waals surface area contributed by atoms with Crippen LogP contribution in [0.1, 0.15) is 46.0 Å². The fourth-order valence-corrected chi connectivity index (χ4v) is 2.45. The van der Waals surface area contributed by atoms with Crippen LogP contribution in [0.25, 0.3) is 0 Å². The Labute approximate surface area is 111 Å². The Balaban J connectivity index is 1.99. The molecule has 1 aliphatic rings. The van der Waals surface area contributed by atoms with E-state index in [2.05, 4.69) is 17.1 Å². The minimum Gasteiger partial charge on any atom is -0.466 e. The predicted octanol–water partition coefficient (Wildman–Crippen LogP) is 1.79. The highest BCUT2D eigenvalue weighted by Crippen LogP contribution is 2.10. The molecular formula is C14H28N2O2. The molecule has 18 heavy (non-hydrogen) atoms. The molecule has 0 bridgehead atoms. The fourth-order valence-electron chi connectivity index (χ4n) is 2.45. The SMILES string of the molecule is CCCN1CCC(NCCCC(=O)OCC)CC1. The second-order valence-corrected chi connectivity index (χ2v) is 4.98. The number of hydrogen-bond acceptors (Lipinski definition) is 4. The van der Waals surface area contributed by atoms with Gasteiger partial charge in [-0.05, 0) is 58.8 Å². The lowest BCUT2D eigenvalue weighted by Crippen LogP contribution is -2.43. The van der Waals surface area contributed by atoms with Gasteiger partial charge in [0, 0.05) is 12.5 Å². The molecule has 0 unspecified atom stereocenters. The molecule has 4 heteroatoms. The molecule has 0 saturated carbocycles. The standard InChI is InChI=1S/C14H28N2O2/c1-3-10-16-11-7-13(8-12-16)15-9-5-6-14(17)18-4-2/h13,15H,3-12H2,1-2H3. The Bertz CT molecular complexity index is 226. The van der Waals surface area contributed by atoms with E-state index in [1.54, 1.807) is 0 Å². The van der Waals surface area contributed by atoms with Crippen molar-refractivity contribution in [3.63, 3.8) is 0 Å². The number of nitrogens with zero attached hydrogens (tertiary/aromatic N) is 1. The summed E-state index contributed by atoms with van der Waals surface area (Å²) >= 11 is 0. The van der Waals surface area contributed by atoms with Crippen molar-refractivity contribution in [1.29, 1.82) is 0 Å². The third kappa shape index (κ3) is 6.36. The van der Waals surface area contributed by atoms with Crippen molar-refractivity contribution in [2.24, 2.45) is 0 Å². The van der Waals surface area contributed by atoms with Crippen molar-refractivity contribution in [2.45, 2.75) is 52.0 Å². The Morgan fingerprint density at radius 3 is 2.67 bits per heavy atom. The molecule has 0 atom stereocenters. The van der Waals surface area contributed by atoms with Gasteiger partial charge in [0.25, 0.3) is 0 Å². The van der Waals surface area contributed by atoms with Gasteiger partial charge in [-0.25, -0.2) is 0 Å². The number of esters is 1. The number of nitrogens with one attached hydrogen (secondary N) is 1. The summed E-state index contributed by atoms with van der Waals surface area (Å²) in [7, 11) is 0. The molecule has 0 spiro atoms. The van der Waals surface area contributed by atoms with E-state index in [0.717, 1.165) is 13.0 Å². The second-order valence-electron chi connectivity index (χ2n) is 4.98. The summed E-state index contributed by atoms with van der Waals surface area (Å²) in [5.41, 5.74) is 0. The normalized spacial score (nSPS) is 17.9. The van der Waals surface area contributed by atoms with E-state index in [1.165, 1.54) is 38.9 Å². The summed E-state index contributed by atoms with van der Waals surface area (Å²) < 4.78 is 4.90. The molecule has 0 aliphatic carbocycles. The maximum absolute atomic E-state index is 11.2. The molecule has 1 N–H and O–H groups in total. The van der Waals surface area contributed by atoms with E-state index >= 15 is 0 Å². The summed E-state index contributed by atoms with van der Waals surface area (Å²) in [4.78, 5) is 13.7. The molecule has 0 aromatic heterocycles. The summed E-state index contributed by atoms with van der Waals surface area (Å²) in [6.45, 7) is 9.15. The monoisotopic (exact) mass is 256 g/mol. The molecule has 1 fully saturated rings. The lowest BCUT2D eigenvalue weighted by Gasteiger charge is -2.32. The van der Waals surface area contributed by atoms with Gasteiger partial charge in [-0.15, -0.1) is 0 Å². The Kier molecular flexibility index (Phi) is 8.01. The molecule has 0 radical (unpaired) electrons. The third-order valence-electron chi connectivity index (χ3n) is 3.42. The van der Waals surface area contributed by atoms with Gasteiger partial charge in [-0.2, -0.15) is 0 Å². The van der Waals surface area contributed by atoms with Crippen LogP contribution < -0.4 is 5.32 Å². The number of hydrogen-bond donors (Lipinski definition) is 1. The van der Waals surface area contributed by atoms with E-state index in [0.29, 0.717) is 19.1 Å². The molecule has 0 amide bonds. The van der Waals surface area contributed by atoms with E-state index in [4.69, 9.17) is 4.74 Å². The van der Waals surface area contributed by atoms with Gasteiger partial charge in [0.05, 0.1) is 6.61 Å². The maximum Gasteiger partial charge on any atom is 0.305 e. The summed E-state index contributed by atoms with van der Waals surface area (Å²) in [6, 6.07) is 0.639. The number of carbonyl (C=O) groups excluding carboxylic acids is 1. The van der Waals surface area contributed by atoms with Crippen molar-refractivity contribution in [3.8, 4) is 0 Å². The quantitative estimate of drug-likeness (QED) is 0.531. The van der Waals surface area contributed by atoms with E-state index in [-0.39, 0.29) is 5.97 Å². The number of rotatable bonds is 8. The highest BCUT2D eigenvalue weighted by atomic mass is 16.5. The molecule has 4 nitrogen and oxygen atoms in total. The Morgan fingerprint density at radius 1 is 1.33 bits per heavy atom. The first-order valence-corrected chi connectivity index (χ1v) is 7.37. The largest absolute Gasteiger partial charge is 0.466 e. The van der Waals surface area contributed by atoms with Crippen molar-refractivity contribution >= 4 is 5.97 Å². The van der Waals surface area contributed by atoms with Crippen LogP contribution >= 0.6 is 0 Å². The van der Waals surface area contributed by atoms with Crippen molar-refractivity contribution in [3.05, 3.63) is 0 Å². The average molecular weight is 256 g/mol. The van der Waals surface area contributed by atoms with Crippen LogP contribution in [0.15, 0.2) is 0 Å². The first-order chi connectivity index (χ1) is 8.76. The Hall–Kier alpha value is -0.610. The molecule has 1 aliphatic heterocycles. The molecule has 0 aromatic rings. The van der Waals surface area contributed by atoms with Gasteiger partial charge in [0.1, 0.15) is 0 Å². The van der Waals surface area contributed by atoms with Crippen LogP contribution in [0.2, 0.25) is 0 Å². The van der Waals surface area contributed by atoms with Gasteiger partial charge >= 0.3 is 5.97 Å². The minimum absolute atomic E-state index is 0.0722. The van der Waals surface area contributed by atoms with Crippen LogP contribution in [-0.4, -0.2) is 49.7 Å². The highest BCUT2D eigenvalue weighted by Gasteiger charge is 2.17. The van der Waals surface area contributed by atoms with Crippen LogP contribution in [0.5, 0.6) is 0 Å². The smallest absolute Gasteiger partial charge is 0.305 e. The van der Waals surface area contributed by atoms with Crippen molar-refractivity contribution < 1.29 is 9.53 Å². The zero-order valence-corrected chi connectivity index (χ0v) is 11.9. The Morgan fingerprint density at radius 2 is 2.06 bits per heavy atom. The lowest BCUT2D eigenvalue weighted by atomic mass is 10.0. The topological polar surface area (TPSA) is 41.6 Å². The second kappa shape index (κ2) is 9.34. The summed E-state index contributed by atoms with van der Waals surface area (Å²) in [6.07, 6.45) is 5.14. The molecule has 106 valence electrons. The van der Waals surface area contributed by atoms with Gasteiger partial charge in [-0.1, -0.05) is 6.92 Å². The van der Waals surface area contributed by atoms with Crippen LogP contribution in [0, 0.1) is 0 Å². The zero-order chi connectivity index (χ0) is 13.2. The number of piperidine rings is 1. The summed E-state index contributed by atoms with van der Waals surface area (Å²) in [5, 5.41) is 3.55. The van der Waals surface area contributed by atoms with Crippen LogP contribution in [0.4, 0.5) is 0 Å². The zero-order valence-electron chi connectivity index (χ0n) is 11.9. The minimum atomic E-state index is -0.0722. The van der Waals surface area contributed by atoms with Crippen molar-refractivity contribution in [2.75, 3.05) is 32.8 Å². The van der Waals surface area contributed by atoms with E-state index in [9.17, 15) is 4.79 Å². The van der Waals surface area contributed by atoms with Crippen LogP contribution in [-0.2, 0) is 9.53 Å². The van der Waals surface area contributed by atoms with Gasteiger partial charge in [0.15, 0.2) is 0 Å². The number of likely N-dealkylation sites (tertiary alicyclic amines) is 1. The highest BCUT2D eigenvalue weighted by molar-refractivity contribution is 5.69. The number of ether oxygens (including phenoxy) is 1. The van der Waals surface area contributed by atoms with E-state index in [1.807, 2.05) is 6.92 Å². The molecule has 0 aromatic carbocycles. The lowest BCUT2D eigenvalue weighted by molar-refractivity contribution is -0.143. The van der Waals surface area contributed by atoms with Gasteiger partial charge in [0.2, 0.25) is 0 Å². The fraction of sp³-hybridized carbons (Fsp3) is 0.929. The van der Waals surface area contributed by atoms with E-state index < -0.39 is 0 Å². The maximum atomic E-state index is 11.2. The van der Waals surface area contributed by atoms with Crippen molar-refractivity contribution in [1.82, 2.24) is 10.2 Å². The molecule has 1 saturated heterocycles. The summed E-state index contributed by atoms with van der Waals surface area (Å²) in [5.74, 6) is -0.0722. The first kappa shape index (κ1) is 15.4. The van der Waals surface area contributed by atoms with Gasteiger partial charge in [-0.3, -0.25) is 4.79 Å². The molecule has 1 rings (SSSR count). The predicted molar refractivity (Wildman–Crippen MR) is 73.6 cm³/mol. The number of carbonyl (C=O) groups is 1.